The van der Waals surface area contributed by atoms with Gasteiger partial charge in [-0.1, -0.05) is 6.92 Å². The van der Waals surface area contributed by atoms with Crippen molar-refractivity contribution in [2.75, 3.05) is 7.11 Å². The number of hydrogen-bond acceptors (Lipinski definition) is 4. The number of ether oxygens (including phenoxy) is 1. The Labute approximate surface area is 93.9 Å². The van der Waals surface area contributed by atoms with E-state index in [-0.39, 0.29) is 18.0 Å². The Bertz CT molecular complexity index is 375. The Hall–Kier alpha value is -1.68. The minimum Gasteiger partial charge on any atom is -0.465 e. The summed E-state index contributed by atoms with van der Waals surface area (Å²) in [6.45, 7) is 1.53. The summed E-state index contributed by atoms with van der Waals surface area (Å²) in [5, 5.41) is 9.03. The maximum Gasteiger partial charge on any atom is 0.337 e. The van der Waals surface area contributed by atoms with Crippen LogP contribution in [0.3, 0.4) is 0 Å². The molecule has 1 aromatic rings. The first-order valence-corrected chi connectivity index (χ1v) is 4.98. The number of benzene rings is 1. The zero-order chi connectivity index (χ0) is 12.1. The van der Waals surface area contributed by atoms with E-state index < -0.39 is 5.97 Å². The minimum atomic E-state index is -0.513. The standard InChI is InChI=1S/C12H14O4/c1-3-11(14)9-4-8(7-13)5-10(6-9)12(15)16-2/h4-6,13H,3,7H2,1-2H3. The minimum absolute atomic E-state index is 0.0690. The first-order chi connectivity index (χ1) is 7.62. The van der Waals surface area contributed by atoms with Crippen LogP contribution in [0, 0.1) is 0 Å². The molecule has 0 unspecified atom stereocenters. The molecule has 0 aliphatic carbocycles. The van der Waals surface area contributed by atoms with Gasteiger partial charge in [-0.05, 0) is 23.8 Å². The fourth-order valence-corrected chi connectivity index (χ4v) is 1.38. The van der Waals surface area contributed by atoms with Crippen LogP contribution in [0.4, 0.5) is 0 Å². The molecule has 0 saturated heterocycles. The number of esters is 1. The average Bonchev–Trinajstić information content (AvgIpc) is 2.35. The lowest BCUT2D eigenvalue weighted by molar-refractivity contribution is 0.0600. The number of hydrogen-bond donors (Lipinski definition) is 1. The summed E-state index contributed by atoms with van der Waals surface area (Å²) in [6, 6.07) is 4.58. The highest BCUT2D eigenvalue weighted by atomic mass is 16.5. The first-order valence-electron chi connectivity index (χ1n) is 4.98. The highest BCUT2D eigenvalue weighted by molar-refractivity contribution is 5.99. The van der Waals surface area contributed by atoms with E-state index in [0.717, 1.165) is 0 Å². The number of methoxy groups -OCH3 is 1. The van der Waals surface area contributed by atoms with E-state index in [1.165, 1.54) is 19.2 Å². The Kier molecular flexibility index (Phi) is 4.19. The molecule has 4 heteroatoms. The molecule has 16 heavy (non-hydrogen) atoms. The van der Waals surface area contributed by atoms with Crippen LogP contribution in [-0.2, 0) is 11.3 Å². The van der Waals surface area contributed by atoms with Crippen molar-refractivity contribution in [3.63, 3.8) is 0 Å². The van der Waals surface area contributed by atoms with Crippen LogP contribution in [0.2, 0.25) is 0 Å². The molecule has 0 aromatic heterocycles. The fourth-order valence-electron chi connectivity index (χ4n) is 1.38. The van der Waals surface area contributed by atoms with Gasteiger partial charge in [-0.3, -0.25) is 4.79 Å². The third-order valence-corrected chi connectivity index (χ3v) is 2.24. The molecule has 0 aliphatic rings. The Balaban J connectivity index is 3.20. The lowest BCUT2D eigenvalue weighted by Crippen LogP contribution is -2.06. The van der Waals surface area contributed by atoms with Gasteiger partial charge >= 0.3 is 5.97 Å². The molecule has 0 fully saturated rings. The molecule has 0 heterocycles. The van der Waals surface area contributed by atoms with E-state index in [4.69, 9.17) is 5.11 Å². The maximum absolute atomic E-state index is 11.5. The molecule has 1 rings (SSSR count). The third-order valence-electron chi connectivity index (χ3n) is 2.24. The number of Topliss-reactive ketones (excluding diaryl/α,β-unsaturated/α-hetero) is 1. The summed E-state index contributed by atoms with van der Waals surface area (Å²) in [5.74, 6) is -0.582. The van der Waals surface area contributed by atoms with Crippen LogP contribution < -0.4 is 0 Å². The SMILES string of the molecule is CCC(=O)c1cc(CO)cc(C(=O)OC)c1. The highest BCUT2D eigenvalue weighted by Crippen LogP contribution is 2.13. The van der Waals surface area contributed by atoms with Gasteiger partial charge in [-0.25, -0.2) is 4.79 Å². The molecule has 0 aliphatic heterocycles. The van der Waals surface area contributed by atoms with Gasteiger partial charge < -0.3 is 9.84 Å². The van der Waals surface area contributed by atoms with Crippen molar-refractivity contribution >= 4 is 11.8 Å². The summed E-state index contributed by atoms with van der Waals surface area (Å²) in [4.78, 5) is 22.8. The molecular formula is C12H14O4. The predicted molar refractivity (Wildman–Crippen MR) is 58.3 cm³/mol. The van der Waals surface area contributed by atoms with Crippen LogP contribution in [0.25, 0.3) is 0 Å². The van der Waals surface area contributed by atoms with E-state index in [1.54, 1.807) is 13.0 Å². The van der Waals surface area contributed by atoms with Gasteiger partial charge in [0.1, 0.15) is 0 Å². The van der Waals surface area contributed by atoms with E-state index in [9.17, 15) is 9.59 Å². The Morgan fingerprint density at radius 2 is 1.88 bits per heavy atom. The molecule has 0 atom stereocenters. The van der Waals surface area contributed by atoms with Crippen LogP contribution in [0.15, 0.2) is 18.2 Å². The van der Waals surface area contributed by atoms with Crippen molar-refractivity contribution in [1.82, 2.24) is 0 Å². The molecule has 86 valence electrons. The monoisotopic (exact) mass is 222 g/mol. The molecular weight excluding hydrogens is 208 g/mol. The molecule has 0 bridgehead atoms. The normalized spacial score (nSPS) is 9.94. The highest BCUT2D eigenvalue weighted by Gasteiger charge is 2.11. The number of carbonyl (C=O) groups excluding carboxylic acids is 2. The van der Waals surface area contributed by atoms with Crippen molar-refractivity contribution < 1.29 is 19.4 Å². The third kappa shape index (κ3) is 2.67. The first kappa shape index (κ1) is 12.4. The molecule has 0 radical (unpaired) electrons. The lowest BCUT2D eigenvalue weighted by atomic mass is 10.0. The molecule has 1 aromatic carbocycles. The van der Waals surface area contributed by atoms with Crippen LogP contribution >= 0.6 is 0 Å². The van der Waals surface area contributed by atoms with Crippen molar-refractivity contribution in [2.24, 2.45) is 0 Å². The van der Waals surface area contributed by atoms with E-state index in [1.807, 2.05) is 0 Å². The van der Waals surface area contributed by atoms with Gasteiger partial charge in [0.25, 0.3) is 0 Å². The van der Waals surface area contributed by atoms with E-state index >= 15 is 0 Å². The fraction of sp³-hybridized carbons (Fsp3) is 0.333. The van der Waals surface area contributed by atoms with Crippen LogP contribution in [-0.4, -0.2) is 24.0 Å². The summed E-state index contributed by atoms with van der Waals surface area (Å²) in [6.07, 6.45) is 0.357. The van der Waals surface area contributed by atoms with Gasteiger partial charge in [0.2, 0.25) is 0 Å². The summed E-state index contributed by atoms with van der Waals surface area (Å²) in [5.41, 5.74) is 1.24. The quantitative estimate of drug-likeness (QED) is 0.620. The van der Waals surface area contributed by atoms with Crippen molar-refractivity contribution in [3.05, 3.63) is 34.9 Å². The Morgan fingerprint density at radius 1 is 1.25 bits per heavy atom. The number of aliphatic hydroxyl groups is 1. The van der Waals surface area contributed by atoms with Gasteiger partial charge in [0, 0.05) is 12.0 Å². The van der Waals surface area contributed by atoms with Gasteiger partial charge in [-0.15, -0.1) is 0 Å². The maximum atomic E-state index is 11.5. The Morgan fingerprint density at radius 3 is 2.38 bits per heavy atom. The van der Waals surface area contributed by atoms with Gasteiger partial charge in [0.15, 0.2) is 5.78 Å². The smallest absolute Gasteiger partial charge is 0.337 e. The van der Waals surface area contributed by atoms with Gasteiger partial charge in [0.05, 0.1) is 19.3 Å². The van der Waals surface area contributed by atoms with Crippen molar-refractivity contribution in [2.45, 2.75) is 20.0 Å². The zero-order valence-electron chi connectivity index (χ0n) is 9.32. The summed E-state index contributed by atoms with van der Waals surface area (Å²) >= 11 is 0. The average molecular weight is 222 g/mol. The molecule has 0 spiro atoms. The van der Waals surface area contributed by atoms with Crippen LogP contribution in [0.5, 0.6) is 0 Å². The van der Waals surface area contributed by atoms with Crippen molar-refractivity contribution in [1.29, 1.82) is 0 Å². The number of rotatable bonds is 4. The summed E-state index contributed by atoms with van der Waals surface area (Å²) < 4.78 is 4.57. The van der Waals surface area contributed by atoms with E-state index in [0.29, 0.717) is 17.5 Å². The topological polar surface area (TPSA) is 63.6 Å². The second-order valence-electron chi connectivity index (χ2n) is 3.35. The number of aliphatic hydroxyl groups excluding tert-OH is 1. The van der Waals surface area contributed by atoms with Crippen molar-refractivity contribution in [3.8, 4) is 0 Å². The zero-order valence-corrected chi connectivity index (χ0v) is 9.32. The largest absolute Gasteiger partial charge is 0.465 e. The lowest BCUT2D eigenvalue weighted by Gasteiger charge is -2.05. The van der Waals surface area contributed by atoms with Gasteiger partial charge in [-0.2, -0.15) is 0 Å². The predicted octanol–water partition coefficient (Wildman–Crippen LogP) is 1.56. The number of ketones is 1. The molecule has 0 saturated carbocycles. The number of carbonyl (C=O) groups is 2. The molecule has 4 nitrogen and oxygen atoms in total. The van der Waals surface area contributed by atoms with E-state index in [2.05, 4.69) is 4.74 Å². The molecule has 1 N–H and O–H groups in total. The second-order valence-corrected chi connectivity index (χ2v) is 3.35. The van der Waals surface area contributed by atoms with Crippen LogP contribution in [0.1, 0.15) is 39.6 Å². The summed E-state index contributed by atoms with van der Waals surface area (Å²) in [7, 11) is 1.27. The molecule has 0 amide bonds. The second kappa shape index (κ2) is 5.42.